The lowest BCUT2D eigenvalue weighted by Crippen LogP contribution is -2.42. The molecule has 1 spiro atoms. The number of fused-ring (bicyclic) bond motifs is 1. The standard InChI is InChI=1S/C19H22N2O/c1-2-8-18-16(7-1)17(12-19(22-18)9-3-4-10-19)21-14-15-6-5-11-20-13-15/h1-2,5-8,11,13,17,21H,3-4,9-10,12,14H2. The van der Waals surface area contributed by atoms with E-state index in [2.05, 4.69) is 40.6 Å². The Bertz CT molecular complexity index is 635. The average Bonchev–Trinajstić information content (AvgIpc) is 3.01. The topological polar surface area (TPSA) is 34.2 Å². The third kappa shape index (κ3) is 2.61. The summed E-state index contributed by atoms with van der Waals surface area (Å²) in [5.41, 5.74) is 2.58. The molecule has 1 aromatic heterocycles. The van der Waals surface area contributed by atoms with Crippen molar-refractivity contribution in [2.24, 2.45) is 0 Å². The number of hydrogen-bond acceptors (Lipinski definition) is 3. The Hall–Kier alpha value is -1.87. The molecule has 3 nitrogen and oxygen atoms in total. The molecule has 3 heteroatoms. The Labute approximate surface area is 131 Å². The average molecular weight is 294 g/mol. The van der Waals surface area contributed by atoms with Crippen molar-refractivity contribution >= 4 is 0 Å². The molecule has 0 radical (unpaired) electrons. The second-order valence-electron chi connectivity index (χ2n) is 6.53. The Morgan fingerprint density at radius 2 is 2.00 bits per heavy atom. The van der Waals surface area contributed by atoms with Crippen molar-refractivity contribution in [1.29, 1.82) is 0 Å². The van der Waals surface area contributed by atoms with Gasteiger partial charge in [-0.3, -0.25) is 4.98 Å². The van der Waals surface area contributed by atoms with Gasteiger partial charge in [0.25, 0.3) is 0 Å². The molecule has 1 N–H and O–H groups in total. The predicted octanol–water partition coefficient (Wildman–Crippen LogP) is 4.01. The fraction of sp³-hybridized carbons (Fsp3) is 0.421. The van der Waals surface area contributed by atoms with Gasteiger partial charge in [0.15, 0.2) is 0 Å². The maximum atomic E-state index is 6.41. The van der Waals surface area contributed by atoms with E-state index in [1.54, 1.807) is 0 Å². The molecule has 2 heterocycles. The van der Waals surface area contributed by atoms with Crippen LogP contribution in [-0.4, -0.2) is 10.6 Å². The second-order valence-corrected chi connectivity index (χ2v) is 6.53. The molecule has 0 amide bonds. The molecule has 1 aliphatic heterocycles. The van der Waals surface area contributed by atoms with E-state index >= 15 is 0 Å². The van der Waals surface area contributed by atoms with E-state index in [0.717, 1.165) is 18.7 Å². The van der Waals surface area contributed by atoms with Crippen molar-refractivity contribution in [2.45, 2.75) is 50.3 Å². The van der Waals surface area contributed by atoms with Crippen LogP contribution in [0, 0.1) is 0 Å². The fourth-order valence-corrected chi connectivity index (χ4v) is 3.87. The molecule has 1 fully saturated rings. The van der Waals surface area contributed by atoms with Gasteiger partial charge < -0.3 is 10.1 Å². The van der Waals surface area contributed by atoms with Gasteiger partial charge in [0.1, 0.15) is 11.4 Å². The summed E-state index contributed by atoms with van der Waals surface area (Å²) in [6.07, 6.45) is 9.78. The molecule has 0 saturated heterocycles. The summed E-state index contributed by atoms with van der Waals surface area (Å²) in [6, 6.07) is 13.0. The summed E-state index contributed by atoms with van der Waals surface area (Å²) in [4.78, 5) is 4.20. The van der Waals surface area contributed by atoms with Gasteiger partial charge >= 0.3 is 0 Å². The van der Waals surface area contributed by atoms with E-state index in [4.69, 9.17) is 4.74 Å². The molecule has 1 atom stereocenters. The van der Waals surface area contributed by atoms with Gasteiger partial charge in [0.05, 0.1) is 0 Å². The molecule has 1 aromatic carbocycles. The molecule has 2 aromatic rings. The molecule has 1 unspecified atom stereocenters. The zero-order chi connectivity index (χ0) is 14.8. The van der Waals surface area contributed by atoms with Crippen molar-refractivity contribution in [2.75, 3.05) is 0 Å². The van der Waals surface area contributed by atoms with Gasteiger partial charge in [0.2, 0.25) is 0 Å². The Morgan fingerprint density at radius 3 is 2.82 bits per heavy atom. The van der Waals surface area contributed by atoms with Crippen LogP contribution in [0.3, 0.4) is 0 Å². The number of nitrogens with zero attached hydrogens (tertiary/aromatic N) is 1. The van der Waals surface area contributed by atoms with Crippen molar-refractivity contribution in [3.63, 3.8) is 0 Å². The summed E-state index contributed by atoms with van der Waals surface area (Å²) in [6.45, 7) is 0.850. The van der Waals surface area contributed by atoms with Crippen LogP contribution in [0.25, 0.3) is 0 Å². The first-order chi connectivity index (χ1) is 10.8. The third-order valence-electron chi connectivity index (χ3n) is 4.99. The van der Waals surface area contributed by atoms with E-state index < -0.39 is 0 Å². The van der Waals surface area contributed by atoms with E-state index in [-0.39, 0.29) is 5.60 Å². The molecule has 1 aliphatic carbocycles. The van der Waals surface area contributed by atoms with Crippen LogP contribution in [0.15, 0.2) is 48.8 Å². The maximum Gasteiger partial charge on any atom is 0.124 e. The quantitative estimate of drug-likeness (QED) is 0.929. The minimum atomic E-state index is 0.0565. The Morgan fingerprint density at radius 1 is 1.14 bits per heavy atom. The smallest absolute Gasteiger partial charge is 0.124 e. The van der Waals surface area contributed by atoms with Crippen LogP contribution in [0.5, 0.6) is 5.75 Å². The fourth-order valence-electron chi connectivity index (χ4n) is 3.87. The van der Waals surface area contributed by atoms with Crippen LogP contribution < -0.4 is 10.1 Å². The van der Waals surface area contributed by atoms with E-state index in [1.165, 1.54) is 36.8 Å². The largest absolute Gasteiger partial charge is 0.487 e. The zero-order valence-corrected chi connectivity index (χ0v) is 12.8. The van der Waals surface area contributed by atoms with Crippen LogP contribution in [0.4, 0.5) is 0 Å². The highest BCUT2D eigenvalue weighted by atomic mass is 16.5. The monoisotopic (exact) mass is 294 g/mol. The van der Waals surface area contributed by atoms with Gasteiger partial charge in [-0.1, -0.05) is 24.3 Å². The number of aromatic nitrogens is 1. The second kappa shape index (κ2) is 5.73. The van der Waals surface area contributed by atoms with Crippen molar-refractivity contribution < 1.29 is 4.74 Å². The van der Waals surface area contributed by atoms with Crippen LogP contribution in [0.2, 0.25) is 0 Å². The lowest BCUT2D eigenvalue weighted by molar-refractivity contribution is 0.0364. The number of ether oxygens (including phenoxy) is 1. The first kappa shape index (κ1) is 13.8. The van der Waals surface area contributed by atoms with E-state index in [1.807, 2.05) is 18.5 Å². The molecule has 1 saturated carbocycles. The highest BCUT2D eigenvalue weighted by molar-refractivity contribution is 5.39. The highest BCUT2D eigenvalue weighted by Gasteiger charge is 2.42. The van der Waals surface area contributed by atoms with Crippen molar-refractivity contribution in [1.82, 2.24) is 10.3 Å². The molecular formula is C19H22N2O. The zero-order valence-electron chi connectivity index (χ0n) is 12.8. The summed E-state index contributed by atoms with van der Waals surface area (Å²) < 4.78 is 6.41. The van der Waals surface area contributed by atoms with Gasteiger partial charge in [-0.25, -0.2) is 0 Å². The van der Waals surface area contributed by atoms with E-state index in [0.29, 0.717) is 6.04 Å². The van der Waals surface area contributed by atoms with Gasteiger partial charge in [0, 0.05) is 37.0 Å². The molecule has 4 rings (SSSR count). The summed E-state index contributed by atoms with van der Waals surface area (Å²) in [7, 11) is 0. The first-order valence-corrected chi connectivity index (χ1v) is 8.25. The number of para-hydroxylation sites is 1. The number of hydrogen-bond donors (Lipinski definition) is 1. The number of pyridine rings is 1. The first-order valence-electron chi connectivity index (χ1n) is 8.25. The lowest BCUT2D eigenvalue weighted by Gasteiger charge is -2.40. The number of nitrogens with one attached hydrogen (secondary N) is 1. The van der Waals surface area contributed by atoms with Crippen LogP contribution in [-0.2, 0) is 6.54 Å². The minimum Gasteiger partial charge on any atom is -0.487 e. The van der Waals surface area contributed by atoms with Crippen LogP contribution >= 0.6 is 0 Å². The summed E-state index contributed by atoms with van der Waals surface area (Å²) >= 11 is 0. The number of rotatable bonds is 3. The SMILES string of the molecule is c1cncc(CNC2CC3(CCCC3)Oc3ccccc32)c1. The third-order valence-corrected chi connectivity index (χ3v) is 4.99. The molecule has 22 heavy (non-hydrogen) atoms. The van der Waals surface area contributed by atoms with Gasteiger partial charge in [-0.05, 0) is 43.4 Å². The van der Waals surface area contributed by atoms with Gasteiger partial charge in [-0.2, -0.15) is 0 Å². The lowest BCUT2D eigenvalue weighted by atomic mass is 9.86. The molecule has 0 bridgehead atoms. The molecule has 2 aliphatic rings. The summed E-state index contributed by atoms with van der Waals surface area (Å²) in [5.74, 6) is 1.07. The molecule has 114 valence electrons. The summed E-state index contributed by atoms with van der Waals surface area (Å²) in [5, 5.41) is 3.73. The van der Waals surface area contributed by atoms with Gasteiger partial charge in [-0.15, -0.1) is 0 Å². The maximum absolute atomic E-state index is 6.41. The number of benzene rings is 1. The predicted molar refractivity (Wildman–Crippen MR) is 86.7 cm³/mol. The Balaban J connectivity index is 1.57. The molecular weight excluding hydrogens is 272 g/mol. The van der Waals surface area contributed by atoms with Crippen molar-refractivity contribution in [3.8, 4) is 5.75 Å². The minimum absolute atomic E-state index is 0.0565. The highest BCUT2D eigenvalue weighted by Crippen LogP contribution is 2.47. The van der Waals surface area contributed by atoms with Crippen molar-refractivity contribution in [3.05, 3.63) is 59.9 Å². The normalized spacial score (nSPS) is 22.3. The Kier molecular flexibility index (Phi) is 3.59. The van der Waals surface area contributed by atoms with Crippen LogP contribution in [0.1, 0.15) is 49.3 Å². The van der Waals surface area contributed by atoms with E-state index in [9.17, 15) is 0 Å².